The van der Waals surface area contributed by atoms with Crippen molar-refractivity contribution >= 4 is 0 Å². The molecule has 0 aromatic carbocycles. The van der Waals surface area contributed by atoms with Crippen molar-refractivity contribution in [2.75, 3.05) is 20.2 Å². The van der Waals surface area contributed by atoms with E-state index in [-0.39, 0.29) is 11.7 Å². The number of ether oxygens (including phenoxy) is 1. The van der Waals surface area contributed by atoms with Crippen LogP contribution in [0.2, 0.25) is 0 Å². The molecule has 1 atom stereocenters. The quantitative estimate of drug-likeness (QED) is 0.598. The van der Waals surface area contributed by atoms with E-state index in [0.717, 1.165) is 25.8 Å². The highest BCUT2D eigenvalue weighted by molar-refractivity contribution is 4.72. The second-order valence-corrected chi connectivity index (χ2v) is 5.06. The van der Waals surface area contributed by atoms with Crippen molar-refractivity contribution in [3.8, 4) is 0 Å². The minimum atomic E-state index is -0.222. The van der Waals surface area contributed by atoms with Crippen LogP contribution in [0.25, 0.3) is 0 Å². The summed E-state index contributed by atoms with van der Waals surface area (Å²) < 4.78 is 5.33. The summed E-state index contributed by atoms with van der Waals surface area (Å²) >= 11 is 0. The lowest BCUT2D eigenvalue weighted by Gasteiger charge is -2.24. The van der Waals surface area contributed by atoms with Gasteiger partial charge < -0.3 is 15.2 Å². The van der Waals surface area contributed by atoms with E-state index in [0.29, 0.717) is 12.5 Å². The van der Waals surface area contributed by atoms with Gasteiger partial charge in [-0.3, -0.25) is 0 Å². The number of aliphatic hydroxyl groups is 1. The van der Waals surface area contributed by atoms with E-state index < -0.39 is 0 Å². The molecule has 0 fully saturated rings. The van der Waals surface area contributed by atoms with Gasteiger partial charge in [-0.2, -0.15) is 0 Å². The van der Waals surface area contributed by atoms with Crippen LogP contribution in [-0.4, -0.2) is 37.0 Å². The number of methoxy groups -OCH3 is 1. The van der Waals surface area contributed by atoms with Crippen LogP contribution in [0.15, 0.2) is 0 Å². The fourth-order valence-electron chi connectivity index (χ4n) is 1.74. The van der Waals surface area contributed by atoms with Crippen molar-refractivity contribution in [1.29, 1.82) is 0 Å². The average molecular weight is 231 g/mol. The highest BCUT2D eigenvalue weighted by atomic mass is 16.5. The fourth-order valence-corrected chi connectivity index (χ4v) is 1.74. The second kappa shape index (κ2) is 8.04. The lowest BCUT2D eigenvalue weighted by Crippen LogP contribution is -2.35. The Bertz CT molecular complexity index is 167. The monoisotopic (exact) mass is 231 g/mol. The van der Waals surface area contributed by atoms with Gasteiger partial charge in [-0.05, 0) is 32.7 Å². The molecule has 3 heteroatoms. The Kier molecular flexibility index (Phi) is 7.98. The van der Waals surface area contributed by atoms with Gasteiger partial charge in [-0.15, -0.1) is 0 Å². The largest absolute Gasteiger partial charge is 0.392 e. The summed E-state index contributed by atoms with van der Waals surface area (Å²) in [6.45, 7) is 9.99. The Balaban J connectivity index is 3.66. The summed E-state index contributed by atoms with van der Waals surface area (Å²) in [6, 6.07) is 0. The summed E-state index contributed by atoms with van der Waals surface area (Å²) in [5.74, 6) is 0.419. The van der Waals surface area contributed by atoms with Gasteiger partial charge in [0.1, 0.15) is 0 Å². The Labute approximate surface area is 101 Å². The summed E-state index contributed by atoms with van der Waals surface area (Å²) in [6.07, 6.45) is 2.82. The summed E-state index contributed by atoms with van der Waals surface area (Å²) in [4.78, 5) is 0. The molecule has 0 saturated heterocycles. The van der Waals surface area contributed by atoms with E-state index in [1.807, 2.05) is 0 Å². The van der Waals surface area contributed by atoms with Gasteiger partial charge in [-0.25, -0.2) is 0 Å². The van der Waals surface area contributed by atoms with E-state index >= 15 is 0 Å². The van der Waals surface area contributed by atoms with Gasteiger partial charge in [0.2, 0.25) is 0 Å². The molecule has 98 valence electrons. The molecule has 2 N–H and O–H groups in total. The molecule has 0 amide bonds. The zero-order valence-corrected chi connectivity index (χ0v) is 11.5. The molecule has 0 aliphatic heterocycles. The van der Waals surface area contributed by atoms with Crippen LogP contribution in [-0.2, 0) is 4.74 Å². The van der Waals surface area contributed by atoms with Crippen molar-refractivity contribution in [3.63, 3.8) is 0 Å². The maximum absolute atomic E-state index is 9.90. The number of hydrogen-bond donors (Lipinski definition) is 2. The van der Waals surface area contributed by atoms with Crippen LogP contribution in [0, 0.1) is 5.92 Å². The predicted octanol–water partition coefficient (Wildman–Crippen LogP) is 2.19. The first kappa shape index (κ1) is 15.9. The molecule has 0 saturated carbocycles. The van der Waals surface area contributed by atoms with Crippen LogP contribution in [0.3, 0.4) is 0 Å². The van der Waals surface area contributed by atoms with Gasteiger partial charge in [0.25, 0.3) is 0 Å². The number of aliphatic hydroxyl groups excluding tert-OH is 1. The maximum Gasteiger partial charge on any atom is 0.0692 e. The van der Waals surface area contributed by atoms with Gasteiger partial charge in [-0.1, -0.05) is 26.7 Å². The van der Waals surface area contributed by atoms with Crippen LogP contribution >= 0.6 is 0 Å². The van der Waals surface area contributed by atoms with Crippen molar-refractivity contribution in [1.82, 2.24) is 5.32 Å². The number of nitrogens with one attached hydrogen (secondary N) is 1. The van der Waals surface area contributed by atoms with Crippen LogP contribution < -0.4 is 5.32 Å². The summed E-state index contributed by atoms with van der Waals surface area (Å²) in [7, 11) is 1.74. The third-order valence-electron chi connectivity index (χ3n) is 3.40. The lowest BCUT2D eigenvalue weighted by atomic mass is 9.96. The first-order chi connectivity index (χ1) is 7.46. The SMILES string of the molecule is CCC(CC)C(O)CNCCC(C)(C)OC. The topological polar surface area (TPSA) is 41.5 Å². The number of hydrogen-bond acceptors (Lipinski definition) is 3. The fraction of sp³-hybridized carbons (Fsp3) is 1.00. The molecule has 1 unspecified atom stereocenters. The minimum Gasteiger partial charge on any atom is -0.392 e. The van der Waals surface area contributed by atoms with Crippen molar-refractivity contribution in [2.45, 2.75) is 58.7 Å². The lowest BCUT2D eigenvalue weighted by molar-refractivity contribution is 0.0146. The molecule has 0 spiro atoms. The maximum atomic E-state index is 9.90. The van der Waals surface area contributed by atoms with Crippen molar-refractivity contribution in [2.24, 2.45) is 5.92 Å². The smallest absolute Gasteiger partial charge is 0.0692 e. The van der Waals surface area contributed by atoms with E-state index in [9.17, 15) is 5.11 Å². The third kappa shape index (κ3) is 6.46. The number of rotatable bonds is 9. The van der Waals surface area contributed by atoms with E-state index in [1.165, 1.54) is 0 Å². The van der Waals surface area contributed by atoms with Gasteiger partial charge in [0, 0.05) is 13.7 Å². The zero-order valence-electron chi connectivity index (χ0n) is 11.5. The Morgan fingerprint density at radius 1 is 1.25 bits per heavy atom. The van der Waals surface area contributed by atoms with Gasteiger partial charge in [0.05, 0.1) is 11.7 Å². The molecule has 0 aliphatic carbocycles. The molecular formula is C13H29NO2. The van der Waals surface area contributed by atoms with E-state index in [2.05, 4.69) is 33.0 Å². The van der Waals surface area contributed by atoms with Crippen LogP contribution in [0.5, 0.6) is 0 Å². The first-order valence-electron chi connectivity index (χ1n) is 6.40. The zero-order chi connectivity index (χ0) is 12.6. The Hall–Kier alpha value is -0.120. The minimum absolute atomic E-state index is 0.0765. The van der Waals surface area contributed by atoms with Crippen LogP contribution in [0.1, 0.15) is 47.0 Å². The second-order valence-electron chi connectivity index (χ2n) is 5.06. The highest BCUT2D eigenvalue weighted by Gasteiger charge is 2.17. The van der Waals surface area contributed by atoms with Crippen molar-refractivity contribution in [3.05, 3.63) is 0 Å². The molecule has 0 rings (SSSR count). The van der Waals surface area contributed by atoms with E-state index in [4.69, 9.17) is 4.74 Å². The van der Waals surface area contributed by atoms with Gasteiger partial charge in [0.15, 0.2) is 0 Å². The van der Waals surface area contributed by atoms with E-state index in [1.54, 1.807) is 7.11 Å². The third-order valence-corrected chi connectivity index (χ3v) is 3.40. The molecule has 0 heterocycles. The standard InChI is InChI=1S/C13H29NO2/c1-6-11(7-2)12(15)10-14-9-8-13(3,4)16-5/h11-12,14-15H,6-10H2,1-5H3. The highest BCUT2D eigenvalue weighted by Crippen LogP contribution is 2.13. The molecule has 0 bridgehead atoms. The predicted molar refractivity (Wildman–Crippen MR) is 68.7 cm³/mol. The molecule has 16 heavy (non-hydrogen) atoms. The van der Waals surface area contributed by atoms with Crippen LogP contribution in [0.4, 0.5) is 0 Å². The Morgan fingerprint density at radius 3 is 2.25 bits per heavy atom. The normalized spacial score (nSPS) is 14.4. The molecule has 0 aromatic heterocycles. The average Bonchev–Trinajstić information content (AvgIpc) is 2.26. The molecular weight excluding hydrogens is 202 g/mol. The molecule has 0 aromatic rings. The van der Waals surface area contributed by atoms with Crippen molar-refractivity contribution < 1.29 is 9.84 Å². The first-order valence-corrected chi connectivity index (χ1v) is 6.40. The summed E-state index contributed by atoms with van der Waals surface area (Å²) in [5.41, 5.74) is -0.0765. The molecule has 0 radical (unpaired) electrons. The summed E-state index contributed by atoms with van der Waals surface area (Å²) in [5, 5.41) is 13.2. The molecule has 3 nitrogen and oxygen atoms in total. The van der Waals surface area contributed by atoms with Gasteiger partial charge >= 0.3 is 0 Å². The molecule has 0 aliphatic rings. The Morgan fingerprint density at radius 2 is 1.81 bits per heavy atom.